The van der Waals surface area contributed by atoms with E-state index in [0.29, 0.717) is 5.54 Å². The summed E-state index contributed by atoms with van der Waals surface area (Å²) in [6.45, 7) is 8.15. The van der Waals surface area contributed by atoms with Crippen molar-refractivity contribution in [1.82, 2.24) is 5.01 Å². The Morgan fingerprint density at radius 3 is 1.95 bits per heavy atom. The number of rotatable bonds is 11. The molecule has 0 aliphatic carbocycles. The molecule has 0 radical (unpaired) electrons. The third-order valence-electron chi connectivity index (χ3n) is 4.45. The average Bonchev–Trinajstić information content (AvgIpc) is 2.95. The van der Waals surface area contributed by atoms with Crippen LogP contribution >= 0.6 is 0 Å². The SMILES string of the molecule is CCCCCCC(C)(CCCCCC)N1CCC=N1. The van der Waals surface area contributed by atoms with E-state index in [1.165, 1.54) is 64.2 Å². The van der Waals surface area contributed by atoms with Crippen LogP contribution in [0.25, 0.3) is 0 Å². The first kappa shape index (κ1) is 16.5. The van der Waals surface area contributed by atoms with Crippen molar-refractivity contribution < 1.29 is 0 Å². The van der Waals surface area contributed by atoms with Crippen molar-refractivity contribution in [3.05, 3.63) is 0 Å². The van der Waals surface area contributed by atoms with E-state index in [2.05, 4.69) is 37.1 Å². The topological polar surface area (TPSA) is 15.6 Å². The van der Waals surface area contributed by atoms with E-state index in [1.807, 2.05) is 0 Å². The molecule has 0 unspecified atom stereocenters. The zero-order valence-corrected chi connectivity index (χ0v) is 13.5. The normalized spacial score (nSPS) is 15.4. The first-order valence-electron chi connectivity index (χ1n) is 8.53. The Kier molecular flexibility index (Phi) is 8.16. The summed E-state index contributed by atoms with van der Waals surface area (Å²) in [6, 6.07) is 0. The van der Waals surface area contributed by atoms with E-state index in [9.17, 15) is 0 Å². The van der Waals surface area contributed by atoms with Crippen molar-refractivity contribution in [3.63, 3.8) is 0 Å². The van der Waals surface area contributed by atoms with Crippen LogP contribution in [0.1, 0.15) is 91.4 Å². The molecule has 0 saturated heterocycles. The van der Waals surface area contributed by atoms with E-state index in [1.54, 1.807) is 0 Å². The van der Waals surface area contributed by atoms with Crippen molar-refractivity contribution >= 4 is 6.21 Å². The lowest BCUT2D eigenvalue weighted by Crippen LogP contribution is -2.42. The second kappa shape index (κ2) is 9.39. The number of hydrogen-bond donors (Lipinski definition) is 0. The lowest BCUT2D eigenvalue weighted by molar-refractivity contribution is 0.0962. The molecule has 2 nitrogen and oxygen atoms in total. The number of hydrazone groups is 1. The van der Waals surface area contributed by atoms with Crippen LogP contribution in [0.3, 0.4) is 0 Å². The van der Waals surface area contributed by atoms with Gasteiger partial charge in [-0.2, -0.15) is 5.10 Å². The maximum absolute atomic E-state index is 4.61. The Bertz CT molecular complexity index is 236. The van der Waals surface area contributed by atoms with Crippen LogP contribution in [0.4, 0.5) is 0 Å². The molecule has 1 aliphatic heterocycles. The van der Waals surface area contributed by atoms with Crippen molar-refractivity contribution in [2.45, 2.75) is 96.9 Å². The molecule has 0 atom stereocenters. The minimum absolute atomic E-state index is 0.314. The summed E-state index contributed by atoms with van der Waals surface area (Å²) < 4.78 is 0. The first-order valence-corrected chi connectivity index (χ1v) is 8.53. The highest BCUT2D eigenvalue weighted by Gasteiger charge is 2.31. The molecule has 0 aromatic heterocycles. The zero-order chi connectivity index (χ0) is 14.0. The molecule has 0 spiro atoms. The van der Waals surface area contributed by atoms with Gasteiger partial charge in [0.1, 0.15) is 0 Å². The molecule has 0 aromatic carbocycles. The molecule has 19 heavy (non-hydrogen) atoms. The summed E-state index contributed by atoms with van der Waals surface area (Å²) in [4.78, 5) is 0. The summed E-state index contributed by atoms with van der Waals surface area (Å²) >= 11 is 0. The fourth-order valence-corrected chi connectivity index (χ4v) is 3.05. The highest BCUT2D eigenvalue weighted by atomic mass is 15.5. The highest BCUT2D eigenvalue weighted by molar-refractivity contribution is 5.58. The summed E-state index contributed by atoms with van der Waals surface area (Å²) in [5.74, 6) is 0. The second-order valence-electron chi connectivity index (χ2n) is 6.33. The molecule has 2 heteroatoms. The molecule has 0 aromatic rings. The van der Waals surface area contributed by atoms with Gasteiger partial charge in [0.25, 0.3) is 0 Å². The molecule has 0 N–H and O–H groups in total. The van der Waals surface area contributed by atoms with Crippen molar-refractivity contribution in [2.75, 3.05) is 6.54 Å². The molecule has 0 fully saturated rings. The van der Waals surface area contributed by atoms with Gasteiger partial charge in [0.15, 0.2) is 0 Å². The lowest BCUT2D eigenvalue weighted by Gasteiger charge is -2.38. The van der Waals surface area contributed by atoms with Crippen LogP contribution in [0.5, 0.6) is 0 Å². The predicted octanol–water partition coefficient (Wildman–Crippen LogP) is 5.38. The molecule has 0 bridgehead atoms. The van der Waals surface area contributed by atoms with Crippen molar-refractivity contribution in [2.24, 2.45) is 5.10 Å². The van der Waals surface area contributed by atoms with Crippen LogP contribution in [0.15, 0.2) is 5.10 Å². The monoisotopic (exact) mass is 266 g/mol. The quantitative estimate of drug-likeness (QED) is 0.459. The van der Waals surface area contributed by atoms with E-state index < -0.39 is 0 Å². The fourth-order valence-electron chi connectivity index (χ4n) is 3.05. The Balaban J connectivity index is 2.39. The lowest BCUT2D eigenvalue weighted by atomic mass is 9.87. The molecule has 1 heterocycles. The van der Waals surface area contributed by atoms with Crippen LogP contribution in [-0.4, -0.2) is 23.3 Å². The van der Waals surface area contributed by atoms with Crippen LogP contribution < -0.4 is 0 Å². The Morgan fingerprint density at radius 2 is 1.53 bits per heavy atom. The third kappa shape index (κ3) is 5.97. The summed E-state index contributed by atoms with van der Waals surface area (Å²) in [6.07, 6.45) is 16.8. The Hall–Kier alpha value is -0.530. The van der Waals surface area contributed by atoms with Crippen LogP contribution in [-0.2, 0) is 0 Å². The Morgan fingerprint density at radius 1 is 0.947 bits per heavy atom. The van der Waals surface area contributed by atoms with Crippen LogP contribution in [0.2, 0.25) is 0 Å². The van der Waals surface area contributed by atoms with E-state index in [0.717, 1.165) is 13.0 Å². The maximum atomic E-state index is 4.61. The predicted molar refractivity (Wildman–Crippen MR) is 85.7 cm³/mol. The average molecular weight is 266 g/mol. The minimum atomic E-state index is 0.314. The van der Waals surface area contributed by atoms with Gasteiger partial charge >= 0.3 is 0 Å². The minimum Gasteiger partial charge on any atom is -0.291 e. The Labute approximate surface area is 120 Å². The summed E-state index contributed by atoms with van der Waals surface area (Å²) in [7, 11) is 0. The second-order valence-corrected chi connectivity index (χ2v) is 6.33. The van der Waals surface area contributed by atoms with Gasteiger partial charge in [-0.3, -0.25) is 5.01 Å². The first-order chi connectivity index (χ1) is 9.23. The van der Waals surface area contributed by atoms with E-state index in [-0.39, 0.29) is 0 Å². The van der Waals surface area contributed by atoms with Gasteiger partial charge in [0.2, 0.25) is 0 Å². The molecule has 1 rings (SSSR count). The zero-order valence-electron chi connectivity index (χ0n) is 13.5. The van der Waals surface area contributed by atoms with Crippen LogP contribution in [0, 0.1) is 0 Å². The molecule has 0 saturated carbocycles. The molecule has 112 valence electrons. The van der Waals surface area contributed by atoms with Gasteiger partial charge in [-0.25, -0.2) is 0 Å². The van der Waals surface area contributed by atoms with Gasteiger partial charge in [-0.05, 0) is 19.8 Å². The molecular formula is C17H34N2. The van der Waals surface area contributed by atoms with Gasteiger partial charge in [0.05, 0.1) is 5.54 Å². The van der Waals surface area contributed by atoms with Gasteiger partial charge in [-0.15, -0.1) is 0 Å². The van der Waals surface area contributed by atoms with Crippen molar-refractivity contribution in [1.29, 1.82) is 0 Å². The molecule has 0 amide bonds. The van der Waals surface area contributed by atoms with E-state index >= 15 is 0 Å². The van der Waals surface area contributed by atoms with Gasteiger partial charge in [-0.1, -0.05) is 65.2 Å². The fraction of sp³-hybridized carbons (Fsp3) is 0.941. The summed E-state index contributed by atoms with van der Waals surface area (Å²) in [5.41, 5.74) is 0.314. The maximum Gasteiger partial charge on any atom is 0.0551 e. The molecule has 1 aliphatic rings. The van der Waals surface area contributed by atoms with Crippen molar-refractivity contribution in [3.8, 4) is 0 Å². The van der Waals surface area contributed by atoms with E-state index in [4.69, 9.17) is 0 Å². The van der Waals surface area contributed by atoms with Gasteiger partial charge in [0, 0.05) is 19.2 Å². The largest absolute Gasteiger partial charge is 0.291 e. The number of nitrogens with zero attached hydrogens (tertiary/aromatic N) is 2. The summed E-state index contributed by atoms with van der Waals surface area (Å²) in [5, 5.41) is 6.99. The number of hydrogen-bond acceptors (Lipinski definition) is 2. The molecular weight excluding hydrogens is 232 g/mol. The number of unbranched alkanes of at least 4 members (excludes halogenated alkanes) is 6. The highest BCUT2D eigenvalue weighted by Crippen LogP contribution is 2.30. The third-order valence-corrected chi connectivity index (χ3v) is 4.45. The standard InChI is InChI=1S/C17H34N2/c1-4-6-8-10-13-17(3,14-11-9-7-5-2)19-16-12-15-18-19/h15H,4-14,16H2,1-3H3. The smallest absolute Gasteiger partial charge is 0.0551 e. The van der Waals surface area contributed by atoms with Gasteiger partial charge < -0.3 is 0 Å².